The highest BCUT2D eigenvalue weighted by Crippen LogP contribution is 2.20. The fourth-order valence-electron chi connectivity index (χ4n) is 2.09. The fraction of sp³-hybridized carbons (Fsp3) is 0.250. The third-order valence-electron chi connectivity index (χ3n) is 3.81. The van der Waals surface area contributed by atoms with Crippen LogP contribution < -0.4 is 5.32 Å². The molecule has 0 unspecified atom stereocenters. The van der Waals surface area contributed by atoms with E-state index >= 15 is 0 Å². The highest BCUT2D eigenvalue weighted by atomic mass is 32.2. The largest absolute Gasteiger partial charge is 0.400 e. The first-order valence-electron chi connectivity index (χ1n) is 7.93. The van der Waals surface area contributed by atoms with E-state index in [2.05, 4.69) is 20.7 Å². The second kappa shape index (κ2) is 7.29. The smallest absolute Gasteiger partial charge is 0.322 e. The molecular weight excluding hydrogens is 374 g/mol. The van der Waals surface area contributed by atoms with E-state index in [0.717, 1.165) is 0 Å². The minimum atomic E-state index is -3.62. The van der Waals surface area contributed by atoms with Crippen molar-refractivity contribution in [3.63, 3.8) is 0 Å². The third-order valence-corrected chi connectivity index (χ3v) is 5.86. The van der Waals surface area contributed by atoms with Crippen molar-refractivity contribution in [2.24, 2.45) is 0 Å². The maximum Gasteiger partial charge on any atom is 0.322 e. The highest BCUT2D eigenvalue weighted by Gasteiger charge is 2.23. The van der Waals surface area contributed by atoms with Crippen LogP contribution in [0.5, 0.6) is 0 Å². The van der Waals surface area contributed by atoms with Crippen molar-refractivity contribution in [1.29, 1.82) is 0 Å². The van der Waals surface area contributed by atoms with Crippen LogP contribution in [-0.2, 0) is 10.0 Å². The van der Waals surface area contributed by atoms with Gasteiger partial charge in [-0.05, 0) is 38.1 Å². The summed E-state index contributed by atoms with van der Waals surface area (Å²) in [5.41, 5.74) is 0.237. The van der Waals surface area contributed by atoms with E-state index in [1.54, 1.807) is 13.8 Å². The first kappa shape index (κ1) is 18.7. The number of aromatic nitrogens is 3. The van der Waals surface area contributed by atoms with Crippen molar-refractivity contribution in [2.75, 3.05) is 12.4 Å². The van der Waals surface area contributed by atoms with Crippen LogP contribution in [0.15, 0.2) is 50.4 Å². The minimum absolute atomic E-state index is 0.0703. The molecule has 0 bridgehead atoms. The first-order valence-corrected chi connectivity index (χ1v) is 9.37. The van der Waals surface area contributed by atoms with Gasteiger partial charge in [0, 0.05) is 24.7 Å². The number of carbonyl (C=O) groups is 1. The Bertz CT molecular complexity index is 1030. The molecule has 3 aromatic rings. The lowest BCUT2D eigenvalue weighted by atomic mass is 10.2. The Morgan fingerprint density at radius 1 is 1.15 bits per heavy atom. The average molecular weight is 391 g/mol. The van der Waals surface area contributed by atoms with Gasteiger partial charge < -0.3 is 8.94 Å². The van der Waals surface area contributed by atoms with Crippen LogP contribution in [0.1, 0.15) is 24.2 Å². The average Bonchev–Trinajstić information content (AvgIpc) is 3.32. The monoisotopic (exact) mass is 391 g/mol. The molecule has 10 nitrogen and oxygen atoms in total. The number of anilines is 1. The van der Waals surface area contributed by atoms with Gasteiger partial charge >= 0.3 is 6.01 Å². The van der Waals surface area contributed by atoms with Crippen LogP contribution in [0, 0.1) is 0 Å². The molecule has 0 saturated heterocycles. The van der Waals surface area contributed by atoms with Crippen molar-refractivity contribution in [3.05, 3.63) is 42.1 Å². The van der Waals surface area contributed by atoms with E-state index in [4.69, 9.17) is 8.94 Å². The summed E-state index contributed by atoms with van der Waals surface area (Å²) in [6, 6.07) is 6.78. The lowest BCUT2D eigenvalue weighted by Crippen LogP contribution is -2.33. The molecule has 2 heterocycles. The van der Waals surface area contributed by atoms with Crippen LogP contribution in [0.25, 0.3) is 11.7 Å². The summed E-state index contributed by atoms with van der Waals surface area (Å²) in [5.74, 6) is -0.184. The molecule has 11 heteroatoms. The molecule has 2 aromatic heterocycles. The molecule has 1 amide bonds. The van der Waals surface area contributed by atoms with Gasteiger partial charge in [0.1, 0.15) is 0 Å². The standard InChI is InChI=1S/C16H17N5O5S/c1-10(2)21(3)27(23,24)12-6-4-11(5-7-12)14(22)18-16-20-19-15(25-16)13-8-9-17-26-13/h4-10H,1-3H3,(H,18,20,22). The van der Waals surface area contributed by atoms with Gasteiger partial charge in [-0.1, -0.05) is 10.3 Å². The Morgan fingerprint density at radius 2 is 1.85 bits per heavy atom. The summed E-state index contributed by atoms with van der Waals surface area (Å²) in [7, 11) is -2.11. The molecule has 0 aliphatic rings. The number of carbonyl (C=O) groups excluding carboxylic acids is 1. The van der Waals surface area contributed by atoms with Gasteiger partial charge in [-0.3, -0.25) is 10.1 Å². The van der Waals surface area contributed by atoms with E-state index in [9.17, 15) is 13.2 Å². The first-order chi connectivity index (χ1) is 12.8. The lowest BCUT2D eigenvalue weighted by molar-refractivity contribution is 0.102. The number of rotatable bonds is 6. The molecule has 0 fully saturated rings. The molecule has 142 valence electrons. The van der Waals surface area contributed by atoms with Gasteiger partial charge in [0.2, 0.25) is 15.8 Å². The highest BCUT2D eigenvalue weighted by molar-refractivity contribution is 7.89. The predicted octanol–water partition coefficient (Wildman–Crippen LogP) is 2.01. The zero-order valence-corrected chi connectivity index (χ0v) is 15.6. The van der Waals surface area contributed by atoms with Crippen LogP contribution in [0.4, 0.5) is 6.01 Å². The Balaban J connectivity index is 1.73. The molecule has 0 radical (unpaired) electrons. The van der Waals surface area contributed by atoms with Crippen molar-refractivity contribution < 1.29 is 22.2 Å². The summed E-state index contributed by atoms with van der Waals surface area (Å²) in [4.78, 5) is 12.4. The van der Waals surface area contributed by atoms with Crippen molar-refractivity contribution in [2.45, 2.75) is 24.8 Å². The molecule has 0 atom stereocenters. The van der Waals surface area contributed by atoms with Gasteiger partial charge in [-0.15, -0.1) is 5.10 Å². The summed E-state index contributed by atoms with van der Waals surface area (Å²) in [6.45, 7) is 3.55. The molecule has 0 aliphatic heterocycles. The fourth-order valence-corrected chi connectivity index (χ4v) is 3.46. The number of hydrogen-bond acceptors (Lipinski definition) is 8. The molecule has 0 aliphatic carbocycles. The van der Waals surface area contributed by atoms with Crippen molar-refractivity contribution in [3.8, 4) is 11.7 Å². The zero-order valence-electron chi connectivity index (χ0n) is 14.8. The van der Waals surface area contributed by atoms with E-state index < -0.39 is 15.9 Å². The molecule has 27 heavy (non-hydrogen) atoms. The van der Waals surface area contributed by atoms with Gasteiger partial charge in [-0.2, -0.15) is 4.31 Å². The second-order valence-corrected chi connectivity index (χ2v) is 7.88. The second-order valence-electron chi connectivity index (χ2n) is 5.88. The number of amides is 1. The van der Waals surface area contributed by atoms with Crippen LogP contribution in [0.3, 0.4) is 0 Å². The predicted molar refractivity (Wildman–Crippen MR) is 94.3 cm³/mol. The van der Waals surface area contributed by atoms with Crippen molar-refractivity contribution in [1.82, 2.24) is 19.7 Å². The zero-order chi connectivity index (χ0) is 19.6. The van der Waals surface area contributed by atoms with Crippen LogP contribution >= 0.6 is 0 Å². The number of nitrogens with zero attached hydrogens (tertiary/aromatic N) is 4. The van der Waals surface area contributed by atoms with Crippen LogP contribution in [0.2, 0.25) is 0 Å². The number of benzene rings is 1. The number of nitrogens with one attached hydrogen (secondary N) is 1. The van der Waals surface area contributed by atoms with E-state index in [-0.39, 0.29) is 34.2 Å². The molecular formula is C16H17N5O5S. The Labute approximate surface area is 155 Å². The Kier molecular flexibility index (Phi) is 5.06. The van der Waals surface area contributed by atoms with E-state index in [1.807, 2.05) is 0 Å². The number of hydrogen-bond donors (Lipinski definition) is 1. The number of sulfonamides is 1. The maximum atomic E-state index is 12.4. The summed E-state index contributed by atoms with van der Waals surface area (Å²) in [6.07, 6.45) is 1.42. The molecule has 0 spiro atoms. The molecule has 3 rings (SSSR count). The molecule has 1 aromatic carbocycles. The summed E-state index contributed by atoms with van der Waals surface area (Å²) in [5, 5.41) is 13.4. The van der Waals surface area contributed by atoms with Gasteiger partial charge in [0.15, 0.2) is 0 Å². The van der Waals surface area contributed by atoms with Crippen molar-refractivity contribution >= 4 is 21.9 Å². The Morgan fingerprint density at radius 3 is 2.44 bits per heavy atom. The SMILES string of the molecule is CC(C)N(C)S(=O)(=O)c1ccc(C(=O)Nc2nnc(-c3ccno3)o2)cc1. The van der Waals surface area contributed by atoms with Gasteiger partial charge in [-0.25, -0.2) is 8.42 Å². The topological polar surface area (TPSA) is 131 Å². The van der Waals surface area contributed by atoms with E-state index in [1.165, 1.54) is 47.9 Å². The maximum absolute atomic E-state index is 12.4. The third kappa shape index (κ3) is 3.88. The molecule has 0 saturated carbocycles. The van der Waals surface area contributed by atoms with Gasteiger partial charge in [0.05, 0.1) is 11.1 Å². The van der Waals surface area contributed by atoms with E-state index in [0.29, 0.717) is 0 Å². The summed E-state index contributed by atoms with van der Waals surface area (Å²) >= 11 is 0. The minimum Gasteiger partial charge on any atom is -0.400 e. The summed E-state index contributed by atoms with van der Waals surface area (Å²) < 4.78 is 36.3. The normalized spacial score (nSPS) is 11.9. The lowest BCUT2D eigenvalue weighted by Gasteiger charge is -2.20. The Hall–Kier alpha value is -3.05. The van der Waals surface area contributed by atoms with Gasteiger partial charge in [0.25, 0.3) is 11.8 Å². The quantitative estimate of drug-likeness (QED) is 0.675. The van der Waals surface area contributed by atoms with Crippen LogP contribution in [-0.4, -0.2) is 47.1 Å². The molecule has 1 N–H and O–H groups in total.